The van der Waals surface area contributed by atoms with E-state index in [1.54, 1.807) is 30.0 Å². The number of benzene rings is 2. The fourth-order valence-electron chi connectivity index (χ4n) is 5.68. The quantitative estimate of drug-likeness (QED) is 0.377. The molecule has 7 nitrogen and oxygen atoms in total. The molecular weight excluding hydrogens is 444 g/mol. The molecule has 2 saturated heterocycles. The van der Waals surface area contributed by atoms with E-state index in [9.17, 15) is 19.2 Å². The van der Waals surface area contributed by atoms with E-state index in [0.717, 1.165) is 30.5 Å². The van der Waals surface area contributed by atoms with Crippen molar-refractivity contribution in [2.75, 3.05) is 16.3 Å². The number of amides is 3. The molecule has 1 aliphatic carbocycles. The molecule has 3 amide bonds. The molecule has 2 heterocycles. The van der Waals surface area contributed by atoms with E-state index >= 15 is 0 Å². The SMILES string of the molecule is Cc1cccc(N2C[C@H](C(=O)Oc3ccc(N4C(=O)[C@H]5C[C@H](C)CC[C@H]5C4=O)c(C)c3)CC2=O)c1. The third kappa shape index (κ3) is 4.24. The minimum atomic E-state index is -0.560. The molecule has 0 N–H and O–H groups in total. The summed E-state index contributed by atoms with van der Waals surface area (Å²) >= 11 is 0. The average Bonchev–Trinajstić information content (AvgIpc) is 3.32. The molecule has 7 heteroatoms. The molecule has 0 unspecified atom stereocenters. The van der Waals surface area contributed by atoms with Gasteiger partial charge in [0.2, 0.25) is 17.7 Å². The van der Waals surface area contributed by atoms with Crippen molar-refractivity contribution in [3.05, 3.63) is 53.6 Å². The molecule has 2 aromatic rings. The highest BCUT2D eigenvalue weighted by atomic mass is 16.5. The van der Waals surface area contributed by atoms with Gasteiger partial charge in [-0.25, -0.2) is 4.90 Å². The zero-order valence-electron chi connectivity index (χ0n) is 20.3. The highest BCUT2D eigenvalue weighted by molar-refractivity contribution is 6.22. The van der Waals surface area contributed by atoms with Gasteiger partial charge in [-0.1, -0.05) is 19.1 Å². The number of rotatable bonds is 4. The van der Waals surface area contributed by atoms with Crippen LogP contribution in [0.4, 0.5) is 11.4 Å². The Morgan fingerprint density at radius 3 is 2.49 bits per heavy atom. The number of nitrogens with zero attached hydrogens (tertiary/aromatic N) is 2. The van der Waals surface area contributed by atoms with Crippen LogP contribution >= 0.6 is 0 Å². The lowest BCUT2D eigenvalue weighted by Crippen LogP contribution is -2.31. The van der Waals surface area contributed by atoms with Crippen molar-refractivity contribution in [2.24, 2.45) is 23.7 Å². The van der Waals surface area contributed by atoms with Crippen molar-refractivity contribution in [1.82, 2.24) is 0 Å². The minimum absolute atomic E-state index is 0.0990. The lowest BCUT2D eigenvalue weighted by molar-refractivity contribution is -0.139. The van der Waals surface area contributed by atoms with Gasteiger partial charge in [-0.2, -0.15) is 0 Å². The molecule has 2 aromatic carbocycles. The topological polar surface area (TPSA) is 84.0 Å². The molecule has 182 valence electrons. The molecule has 0 aromatic heterocycles. The van der Waals surface area contributed by atoms with E-state index in [2.05, 4.69) is 6.92 Å². The smallest absolute Gasteiger partial charge is 0.316 e. The second-order valence-electron chi connectivity index (χ2n) is 10.3. The molecule has 0 spiro atoms. The first-order valence-corrected chi connectivity index (χ1v) is 12.3. The standard InChI is InChI=1S/C28H30N2O5/c1-16-5-4-6-20(11-16)29-15-19(14-25(29)31)28(34)35-21-8-10-24(18(3)13-21)30-26(32)22-9-7-17(2)12-23(22)27(30)33/h4-6,8,10-11,13,17,19,22-23H,7,9,12,14-15H2,1-3H3/t17-,19-,22-,23+/m1/s1. The van der Waals surface area contributed by atoms with Gasteiger partial charge in [0.25, 0.3) is 0 Å². The molecule has 35 heavy (non-hydrogen) atoms. The van der Waals surface area contributed by atoms with E-state index in [1.165, 1.54) is 4.90 Å². The van der Waals surface area contributed by atoms with Crippen molar-refractivity contribution >= 4 is 35.1 Å². The van der Waals surface area contributed by atoms with Crippen LogP contribution in [0.25, 0.3) is 0 Å². The average molecular weight is 475 g/mol. The Hall–Kier alpha value is -3.48. The normalized spacial score (nSPS) is 26.3. The number of imide groups is 1. The Bertz CT molecular complexity index is 1220. The number of anilines is 2. The van der Waals surface area contributed by atoms with Crippen LogP contribution in [0.15, 0.2) is 42.5 Å². The van der Waals surface area contributed by atoms with Crippen molar-refractivity contribution < 1.29 is 23.9 Å². The van der Waals surface area contributed by atoms with Gasteiger partial charge in [-0.05, 0) is 80.5 Å². The molecular formula is C28H30N2O5. The fourth-order valence-corrected chi connectivity index (χ4v) is 5.68. The summed E-state index contributed by atoms with van der Waals surface area (Å²) in [5, 5.41) is 0. The molecule has 0 bridgehead atoms. The molecule has 5 rings (SSSR count). The predicted molar refractivity (Wildman–Crippen MR) is 131 cm³/mol. The molecule has 4 atom stereocenters. The number of ether oxygens (including phenoxy) is 1. The highest BCUT2D eigenvalue weighted by Gasteiger charge is 2.50. The predicted octanol–water partition coefficient (Wildman–Crippen LogP) is 4.19. The highest BCUT2D eigenvalue weighted by Crippen LogP contribution is 2.43. The summed E-state index contributed by atoms with van der Waals surface area (Å²) in [5.41, 5.74) is 3.05. The summed E-state index contributed by atoms with van der Waals surface area (Å²) in [6.07, 6.45) is 2.57. The Morgan fingerprint density at radius 1 is 0.971 bits per heavy atom. The van der Waals surface area contributed by atoms with Crippen LogP contribution in [0.2, 0.25) is 0 Å². The number of hydrogen-bond donors (Lipinski definition) is 0. The second kappa shape index (κ2) is 8.95. The van der Waals surface area contributed by atoms with E-state index in [0.29, 0.717) is 22.9 Å². The first-order chi connectivity index (χ1) is 16.7. The van der Waals surface area contributed by atoms with Gasteiger partial charge in [-0.3, -0.25) is 19.2 Å². The van der Waals surface area contributed by atoms with Crippen LogP contribution in [0.3, 0.4) is 0 Å². The lowest BCUT2D eigenvalue weighted by atomic mass is 9.76. The van der Waals surface area contributed by atoms with Crippen LogP contribution in [-0.4, -0.2) is 30.2 Å². The number of carbonyl (C=O) groups excluding carboxylic acids is 4. The number of fused-ring (bicyclic) bond motifs is 1. The van der Waals surface area contributed by atoms with Crippen molar-refractivity contribution in [2.45, 2.75) is 46.5 Å². The summed E-state index contributed by atoms with van der Waals surface area (Å²) in [4.78, 5) is 54.4. The summed E-state index contributed by atoms with van der Waals surface area (Å²) < 4.78 is 5.61. The minimum Gasteiger partial charge on any atom is -0.426 e. The molecule has 3 aliphatic rings. The Morgan fingerprint density at radius 2 is 1.74 bits per heavy atom. The molecule has 3 fully saturated rings. The van der Waals surface area contributed by atoms with E-state index in [-0.39, 0.29) is 42.5 Å². The molecule has 1 saturated carbocycles. The van der Waals surface area contributed by atoms with E-state index in [4.69, 9.17) is 4.74 Å². The Kier molecular flexibility index (Phi) is 5.95. The summed E-state index contributed by atoms with van der Waals surface area (Å²) in [6.45, 7) is 6.16. The zero-order chi connectivity index (χ0) is 24.9. The lowest BCUT2D eigenvalue weighted by Gasteiger charge is -2.25. The Balaban J connectivity index is 1.28. The summed E-state index contributed by atoms with van der Waals surface area (Å²) in [7, 11) is 0. The summed E-state index contributed by atoms with van der Waals surface area (Å²) in [5.74, 6) is -1.07. The van der Waals surface area contributed by atoms with Crippen LogP contribution < -0.4 is 14.5 Å². The van der Waals surface area contributed by atoms with Gasteiger partial charge in [0.05, 0.1) is 23.4 Å². The van der Waals surface area contributed by atoms with E-state index in [1.807, 2.05) is 31.2 Å². The third-order valence-electron chi connectivity index (χ3n) is 7.59. The maximum Gasteiger partial charge on any atom is 0.316 e. The fraction of sp³-hybridized carbons (Fsp3) is 0.429. The van der Waals surface area contributed by atoms with Crippen LogP contribution in [0.5, 0.6) is 5.75 Å². The van der Waals surface area contributed by atoms with Gasteiger partial charge >= 0.3 is 5.97 Å². The van der Waals surface area contributed by atoms with Crippen LogP contribution in [0, 0.1) is 37.5 Å². The largest absolute Gasteiger partial charge is 0.426 e. The first-order valence-electron chi connectivity index (χ1n) is 12.3. The maximum absolute atomic E-state index is 13.1. The van der Waals surface area contributed by atoms with Gasteiger partial charge in [0.15, 0.2) is 0 Å². The second-order valence-corrected chi connectivity index (χ2v) is 10.3. The van der Waals surface area contributed by atoms with Crippen molar-refractivity contribution in [1.29, 1.82) is 0 Å². The number of esters is 1. The van der Waals surface area contributed by atoms with Gasteiger partial charge in [0, 0.05) is 18.7 Å². The maximum atomic E-state index is 13.1. The zero-order valence-corrected chi connectivity index (χ0v) is 20.3. The van der Waals surface area contributed by atoms with Gasteiger partial charge in [0.1, 0.15) is 5.75 Å². The molecule has 2 aliphatic heterocycles. The van der Waals surface area contributed by atoms with Crippen molar-refractivity contribution in [3.8, 4) is 5.75 Å². The Labute approximate surface area is 205 Å². The van der Waals surface area contributed by atoms with Crippen LogP contribution in [-0.2, 0) is 19.2 Å². The summed E-state index contributed by atoms with van der Waals surface area (Å²) in [6, 6.07) is 12.6. The number of carbonyl (C=O) groups is 4. The van der Waals surface area contributed by atoms with Crippen LogP contribution in [0.1, 0.15) is 43.7 Å². The first kappa shape index (κ1) is 23.3. The molecule has 0 radical (unpaired) electrons. The number of hydrogen-bond acceptors (Lipinski definition) is 5. The van der Waals surface area contributed by atoms with E-state index < -0.39 is 11.9 Å². The van der Waals surface area contributed by atoms with Gasteiger partial charge in [-0.15, -0.1) is 0 Å². The van der Waals surface area contributed by atoms with Gasteiger partial charge < -0.3 is 9.64 Å². The monoisotopic (exact) mass is 474 g/mol. The third-order valence-corrected chi connectivity index (χ3v) is 7.59. The number of aryl methyl sites for hydroxylation is 2. The van der Waals surface area contributed by atoms with Crippen molar-refractivity contribution in [3.63, 3.8) is 0 Å².